The summed E-state index contributed by atoms with van der Waals surface area (Å²) in [7, 11) is 5.36. The van der Waals surface area contributed by atoms with E-state index >= 15 is 0 Å². The van der Waals surface area contributed by atoms with Crippen molar-refractivity contribution in [2.45, 2.75) is 25.8 Å². The predicted molar refractivity (Wildman–Crippen MR) is 126 cm³/mol. The number of ether oxygens (including phenoxy) is 1. The Labute approximate surface area is 190 Å². The summed E-state index contributed by atoms with van der Waals surface area (Å²) in [6.07, 6.45) is 6.61. The Morgan fingerprint density at radius 2 is 1.78 bits per heavy atom. The van der Waals surface area contributed by atoms with E-state index in [0.717, 1.165) is 55.8 Å². The van der Waals surface area contributed by atoms with Gasteiger partial charge in [0.1, 0.15) is 5.75 Å². The van der Waals surface area contributed by atoms with Crippen LogP contribution in [0.2, 0.25) is 0 Å². The van der Waals surface area contributed by atoms with Gasteiger partial charge in [0, 0.05) is 38.9 Å². The quantitative estimate of drug-likeness (QED) is 0.619. The van der Waals surface area contributed by atoms with Crippen LogP contribution in [-0.4, -0.2) is 47.8 Å². The van der Waals surface area contributed by atoms with Crippen molar-refractivity contribution >= 4 is 5.91 Å². The van der Waals surface area contributed by atoms with E-state index in [1.165, 1.54) is 11.1 Å². The Hall–Kier alpha value is -3.12. The maximum Gasteiger partial charge on any atom is 0.227 e. The number of benzene rings is 2. The number of likely N-dealkylation sites (tertiary alicyclic amines) is 1. The molecule has 32 heavy (non-hydrogen) atoms. The Kier molecular flexibility index (Phi) is 6.61. The smallest absolute Gasteiger partial charge is 0.227 e. The number of hydrogen-bond donors (Lipinski definition) is 1. The number of hydrogen-bond acceptors (Lipinski definition) is 4. The molecule has 2 aromatic carbocycles. The third-order valence-corrected chi connectivity index (χ3v) is 6.45. The van der Waals surface area contributed by atoms with E-state index in [9.17, 15) is 4.79 Å². The number of carbonyl (C=O) groups excluding carboxylic acids is 1. The van der Waals surface area contributed by atoms with E-state index in [1.54, 1.807) is 14.2 Å². The molecule has 0 spiro atoms. The Bertz CT molecular complexity index is 1040. The second-order valence-corrected chi connectivity index (χ2v) is 8.80. The van der Waals surface area contributed by atoms with Gasteiger partial charge in [0.25, 0.3) is 0 Å². The van der Waals surface area contributed by atoms with Gasteiger partial charge >= 0.3 is 0 Å². The van der Waals surface area contributed by atoms with Gasteiger partial charge in [-0.1, -0.05) is 36.4 Å². The molecule has 0 saturated carbocycles. The van der Waals surface area contributed by atoms with Gasteiger partial charge in [-0.05, 0) is 54.6 Å². The summed E-state index contributed by atoms with van der Waals surface area (Å²) < 4.78 is 7.08. The molecule has 4 rings (SSSR count). The standard InChI is InChI=1S/C26H32N4O2/c1-27-25(31)26(13-4-14-30(19-26)18-21-16-28-29(2)17-21)15-20-5-7-22(8-6-20)23-9-11-24(32-3)12-10-23/h5-12,16-17H,4,13-15,18-19H2,1-3H3,(H,27,31)/t26-/m0/s1. The SMILES string of the molecule is CNC(=O)[C@]1(Cc2ccc(-c3ccc(OC)cc3)cc2)CCCN(Cc2cnn(C)c2)C1. The molecule has 1 amide bonds. The fraction of sp³-hybridized carbons (Fsp3) is 0.385. The van der Waals surface area contributed by atoms with Crippen LogP contribution in [0.15, 0.2) is 60.9 Å². The lowest BCUT2D eigenvalue weighted by molar-refractivity contribution is -0.134. The van der Waals surface area contributed by atoms with Crippen LogP contribution in [0.1, 0.15) is 24.0 Å². The van der Waals surface area contributed by atoms with Crippen LogP contribution in [0.4, 0.5) is 0 Å². The number of aryl methyl sites for hydroxylation is 1. The van der Waals surface area contributed by atoms with E-state index in [0.29, 0.717) is 0 Å². The Morgan fingerprint density at radius 3 is 2.38 bits per heavy atom. The van der Waals surface area contributed by atoms with E-state index in [4.69, 9.17) is 4.74 Å². The van der Waals surface area contributed by atoms with Crippen LogP contribution >= 0.6 is 0 Å². The van der Waals surface area contributed by atoms with Crippen molar-refractivity contribution in [1.29, 1.82) is 0 Å². The molecule has 1 fully saturated rings. The topological polar surface area (TPSA) is 59.4 Å². The van der Waals surface area contributed by atoms with Crippen LogP contribution in [0.3, 0.4) is 0 Å². The lowest BCUT2D eigenvalue weighted by atomic mass is 9.74. The molecule has 1 saturated heterocycles. The molecule has 6 heteroatoms. The highest BCUT2D eigenvalue weighted by Crippen LogP contribution is 2.35. The number of methoxy groups -OCH3 is 1. The van der Waals surface area contributed by atoms with Gasteiger partial charge in [0.2, 0.25) is 5.91 Å². The van der Waals surface area contributed by atoms with Crippen LogP contribution in [-0.2, 0) is 24.8 Å². The zero-order chi connectivity index (χ0) is 22.6. The molecule has 0 aliphatic carbocycles. The van der Waals surface area contributed by atoms with Crippen LogP contribution in [0.5, 0.6) is 5.75 Å². The molecule has 1 aliphatic heterocycles. The largest absolute Gasteiger partial charge is 0.497 e. The second-order valence-electron chi connectivity index (χ2n) is 8.80. The molecule has 168 valence electrons. The van der Waals surface area contributed by atoms with Crippen molar-refractivity contribution in [2.24, 2.45) is 12.5 Å². The first kappa shape index (κ1) is 22.1. The monoisotopic (exact) mass is 432 g/mol. The number of nitrogens with one attached hydrogen (secondary N) is 1. The highest BCUT2D eigenvalue weighted by atomic mass is 16.5. The molecular formula is C26H32N4O2. The van der Waals surface area contributed by atoms with Gasteiger partial charge in [-0.15, -0.1) is 0 Å². The number of piperidine rings is 1. The van der Waals surface area contributed by atoms with Crippen LogP contribution in [0.25, 0.3) is 11.1 Å². The molecule has 2 heterocycles. The molecule has 1 atom stereocenters. The van der Waals surface area contributed by atoms with E-state index in [2.05, 4.69) is 51.7 Å². The zero-order valence-electron chi connectivity index (χ0n) is 19.2. The summed E-state index contributed by atoms with van der Waals surface area (Å²) in [4.78, 5) is 15.5. The summed E-state index contributed by atoms with van der Waals surface area (Å²) in [5.41, 5.74) is 4.26. The van der Waals surface area contributed by atoms with Gasteiger partial charge in [-0.2, -0.15) is 5.10 Å². The number of nitrogens with zero attached hydrogens (tertiary/aromatic N) is 3. The predicted octanol–water partition coefficient (Wildman–Crippen LogP) is 3.67. The second kappa shape index (κ2) is 9.57. The van der Waals surface area contributed by atoms with Crippen molar-refractivity contribution in [3.05, 3.63) is 72.1 Å². The molecule has 1 N–H and O–H groups in total. The summed E-state index contributed by atoms with van der Waals surface area (Å²) in [5.74, 6) is 0.985. The van der Waals surface area contributed by atoms with E-state index in [1.807, 2.05) is 36.3 Å². The van der Waals surface area contributed by atoms with Gasteiger partial charge < -0.3 is 10.1 Å². The maximum atomic E-state index is 13.1. The Morgan fingerprint density at radius 1 is 1.09 bits per heavy atom. The average Bonchev–Trinajstić information content (AvgIpc) is 3.23. The lowest BCUT2D eigenvalue weighted by Gasteiger charge is -2.41. The number of rotatable bonds is 7. The number of amides is 1. The normalized spacial score (nSPS) is 19.0. The summed E-state index contributed by atoms with van der Waals surface area (Å²) >= 11 is 0. The van der Waals surface area contributed by atoms with Crippen molar-refractivity contribution in [3.63, 3.8) is 0 Å². The van der Waals surface area contributed by atoms with Gasteiger partial charge in [-0.3, -0.25) is 14.4 Å². The molecule has 1 aliphatic rings. The fourth-order valence-electron chi connectivity index (χ4n) is 4.84. The van der Waals surface area contributed by atoms with E-state index in [-0.39, 0.29) is 5.91 Å². The van der Waals surface area contributed by atoms with Gasteiger partial charge in [-0.25, -0.2) is 0 Å². The van der Waals surface area contributed by atoms with Crippen LogP contribution < -0.4 is 10.1 Å². The van der Waals surface area contributed by atoms with Crippen molar-refractivity contribution in [3.8, 4) is 16.9 Å². The van der Waals surface area contributed by atoms with Gasteiger partial charge in [0.15, 0.2) is 0 Å². The fourth-order valence-corrected chi connectivity index (χ4v) is 4.84. The van der Waals surface area contributed by atoms with Crippen molar-refractivity contribution < 1.29 is 9.53 Å². The Balaban J connectivity index is 1.51. The van der Waals surface area contributed by atoms with Crippen molar-refractivity contribution in [1.82, 2.24) is 20.0 Å². The first-order valence-electron chi connectivity index (χ1n) is 11.2. The number of aromatic nitrogens is 2. The molecule has 6 nitrogen and oxygen atoms in total. The first-order valence-corrected chi connectivity index (χ1v) is 11.2. The highest BCUT2D eigenvalue weighted by molar-refractivity contribution is 5.83. The molecule has 0 radical (unpaired) electrons. The highest BCUT2D eigenvalue weighted by Gasteiger charge is 2.41. The summed E-state index contributed by atoms with van der Waals surface area (Å²) in [6, 6.07) is 16.7. The molecule has 0 bridgehead atoms. The zero-order valence-corrected chi connectivity index (χ0v) is 19.2. The molecule has 3 aromatic rings. The minimum Gasteiger partial charge on any atom is -0.497 e. The lowest BCUT2D eigenvalue weighted by Crippen LogP contribution is -2.52. The minimum absolute atomic E-state index is 0.132. The average molecular weight is 433 g/mol. The first-order chi connectivity index (χ1) is 15.5. The summed E-state index contributed by atoms with van der Waals surface area (Å²) in [6.45, 7) is 2.58. The van der Waals surface area contributed by atoms with Gasteiger partial charge in [0.05, 0.1) is 18.7 Å². The maximum absolute atomic E-state index is 13.1. The molecular weight excluding hydrogens is 400 g/mol. The number of carbonyl (C=O) groups is 1. The third kappa shape index (κ3) is 4.86. The summed E-state index contributed by atoms with van der Waals surface area (Å²) in [5, 5.41) is 7.22. The van der Waals surface area contributed by atoms with Crippen molar-refractivity contribution in [2.75, 3.05) is 27.2 Å². The third-order valence-electron chi connectivity index (χ3n) is 6.45. The molecule has 1 aromatic heterocycles. The molecule has 0 unspecified atom stereocenters. The minimum atomic E-state index is -0.420. The van der Waals surface area contributed by atoms with E-state index < -0.39 is 5.41 Å². The van der Waals surface area contributed by atoms with Crippen LogP contribution in [0, 0.1) is 5.41 Å².